The smallest absolute Gasteiger partial charge is 0.322 e. The number of hydrogen-bond acceptors (Lipinski definition) is 5. The Morgan fingerprint density at radius 1 is 1.42 bits per heavy atom. The van der Waals surface area contributed by atoms with Crippen LogP contribution in [0, 0.1) is 6.92 Å². The van der Waals surface area contributed by atoms with Crippen LogP contribution in [0.15, 0.2) is 6.07 Å². The number of carbonyl (C=O) groups excluding carboxylic acids is 1. The van der Waals surface area contributed by atoms with Crippen molar-refractivity contribution in [1.29, 1.82) is 0 Å². The quantitative estimate of drug-likeness (QED) is 0.784. The number of likely N-dealkylation sites (tertiary alicyclic amines) is 1. The van der Waals surface area contributed by atoms with Crippen LogP contribution in [0.3, 0.4) is 0 Å². The Bertz CT molecular complexity index is 603. The van der Waals surface area contributed by atoms with E-state index in [0.29, 0.717) is 24.3 Å². The van der Waals surface area contributed by atoms with Gasteiger partial charge >= 0.3 is 5.97 Å². The van der Waals surface area contributed by atoms with Crippen LogP contribution in [0.5, 0.6) is 0 Å². The number of rotatable bonds is 7. The van der Waals surface area contributed by atoms with Gasteiger partial charge < -0.3 is 10.4 Å². The van der Waals surface area contributed by atoms with Gasteiger partial charge in [-0.05, 0) is 52.6 Å². The molecular weight excluding hydrogens is 308 g/mol. The summed E-state index contributed by atoms with van der Waals surface area (Å²) in [4.78, 5) is 33.6. The number of nitrogens with zero attached hydrogens (tertiary/aromatic N) is 3. The molecular formula is C17H26N4O3. The van der Waals surface area contributed by atoms with Crippen LogP contribution >= 0.6 is 0 Å². The summed E-state index contributed by atoms with van der Waals surface area (Å²) in [5, 5.41) is 10.9. The average molecular weight is 334 g/mol. The van der Waals surface area contributed by atoms with E-state index in [4.69, 9.17) is 5.11 Å². The minimum absolute atomic E-state index is 0.224. The molecule has 2 rings (SSSR count). The highest BCUT2D eigenvalue weighted by Gasteiger charge is 2.29. The molecule has 0 saturated carbocycles. The fourth-order valence-corrected chi connectivity index (χ4v) is 3.18. The third-order valence-electron chi connectivity index (χ3n) is 4.25. The van der Waals surface area contributed by atoms with Gasteiger partial charge in [-0.3, -0.25) is 14.5 Å². The number of carboxylic acids is 1. The number of amides is 1. The third kappa shape index (κ3) is 4.99. The van der Waals surface area contributed by atoms with Crippen LogP contribution in [-0.4, -0.2) is 51.0 Å². The van der Waals surface area contributed by atoms with Crippen molar-refractivity contribution in [1.82, 2.24) is 20.2 Å². The highest BCUT2D eigenvalue weighted by atomic mass is 16.4. The number of carbonyl (C=O) groups is 2. The topological polar surface area (TPSA) is 95.4 Å². The second kappa shape index (κ2) is 8.19. The zero-order valence-corrected chi connectivity index (χ0v) is 14.6. The third-order valence-corrected chi connectivity index (χ3v) is 4.25. The Kier molecular flexibility index (Phi) is 6.25. The summed E-state index contributed by atoms with van der Waals surface area (Å²) in [6.45, 7) is 6.99. The first-order chi connectivity index (χ1) is 11.4. The second-order valence-corrected chi connectivity index (χ2v) is 6.49. The van der Waals surface area contributed by atoms with E-state index in [1.54, 1.807) is 0 Å². The van der Waals surface area contributed by atoms with E-state index in [1.165, 1.54) is 6.42 Å². The lowest BCUT2D eigenvalue weighted by atomic mass is 10.1. The SMILES string of the molecule is Cc1nc(CCC(=O)NCC(=O)O)cc(C2CCCN2C(C)C)n1. The molecule has 0 bridgehead atoms. The highest BCUT2D eigenvalue weighted by molar-refractivity contribution is 5.81. The first-order valence-electron chi connectivity index (χ1n) is 8.45. The lowest BCUT2D eigenvalue weighted by Gasteiger charge is -2.28. The molecule has 1 unspecified atom stereocenters. The molecule has 0 spiro atoms. The number of nitrogens with one attached hydrogen (secondary N) is 1. The van der Waals surface area contributed by atoms with E-state index in [9.17, 15) is 9.59 Å². The summed E-state index contributed by atoms with van der Waals surface area (Å²) in [7, 11) is 0. The molecule has 132 valence electrons. The van der Waals surface area contributed by atoms with Crippen LogP contribution in [0.2, 0.25) is 0 Å². The molecule has 1 fully saturated rings. The van der Waals surface area contributed by atoms with Crippen molar-refractivity contribution in [2.45, 2.75) is 58.5 Å². The fourth-order valence-electron chi connectivity index (χ4n) is 3.18. The lowest BCUT2D eigenvalue weighted by Crippen LogP contribution is -2.31. The van der Waals surface area contributed by atoms with E-state index in [1.807, 2.05) is 13.0 Å². The van der Waals surface area contributed by atoms with Gasteiger partial charge in [-0.25, -0.2) is 9.97 Å². The maximum atomic E-state index is 11.7. The molecule has 2 heterocycles. The lowest BCUT2D eigenvalue weighted by molar-refractivity contribution is -0.137. The van der Waals surface area contributed by atoms with Crippen LogP contribution in [0.4, 0.5) is 0 Å². The first kappa shape index (κ1) is 18.3. The Labute approximate surface area is 142 Å². The van der Waals surface area contributed by atoms with Gasteiger partial charge in [-0.2, -0.15) is 0 Å². The monoisotopic (exact) mass is 334 g/mol. The van der Waals surface area contributed by atoms with Gasteiger partial charge in [0.2, 0.25) is 5.91 Å². The van der Waals surface area contributed by atoms with E-state index in [-0.39, 0.29) is 18.9 Å². The molecule has 0 radical (unpaired) electrons. The molecule has 1 aliphatic rings. The van der Waals surface area contributed by atoms with Crippen molar-refractivity contribution in [2.24, 2.45) is 0 Å². The van der Waals surface area contributed by atoms with Crippen molar-refractivity contribution in [3.05, 3.63) is 23.3 Å². The van der Waals surface area contributed by atoms with Gasteiger partial charge in [-0.1, -0.05) is 0 Å². The molecule has 1 atom stereocenters. The molecule has 1 aromatic rings. The number of hydrogen-bond donors (Lipinski definition) is 2. The molecule has 2 N–H and O–H groups in total. The molecule has 7 nitrogen and oxygen atoms in total. The number of aliphatic carboxylic acids is 1. The predicted molar refractivity (Wildman–Crippen MR) is 89.6 cm³/mol. The second-order valence-electron chi connectivity index (χ2n) is 6.49. The minimum Gasteiger partial charge on any atom is -0.480 e. The summed E-state index contributed by atoms with van der Waals surface area (Å²) in [6, 6.07) is 2.77. The van der Waals surface area contributed by atoms with Crippen LogP contribution in [-0.2, 0) is 16.0 Å². The van der Waals surface area contributed by atoms with Crippen LogP contribution in [0.1, 0.15) is 56.4 Å². The summed E-state index contributed by atoms with van der Waals surface area (Å²) in [5.74, 6) is -0.609. The highest BCUT2D eigenvalue weighted by Crippen LogP contribution is 2.32. The first-order valence-corrected chi connectivity index (χ1v) is 8.45. The van der Waals surface area contributed by atoms with Gasteiger partial charge in [-0.15, -0.1) is 0 Å². The maximum absolute atomic E-state index is 11.7. The zero-order chi connectivity index (χ0) is 17.7. The Hall–Kier alpha value is -2.02. The molecule has 1 aliphatic heterocycles. The van der Waals surface area contributed by atoms with E-state index in [0.717, 1.165) is 24.4 Å². The van der Waals surface area contributed by atoms with Gasteiger partial charge in [0.15, 0.2) is 0 Å². The maximum Gasteiger partial charge on any atom is 0.322 e. The normalized spacial score (nSPS) is 18.1. The Morgan fingerprint density at radius 2 is 2.17 bits per heavy atom. The molecule has 24 heavy (non-hydrogen) atoms. The summed E-state index contributed by atoms with van der Waals surface area (Å²) < 4.78 is 0. The number of aryl methyl sites for hydroxylation is 2. The van der Waals surface area contributed by atoms with Crippen molar-refractivity contribution in [2.75, 3.05) is 13.1 Å². The molecule has 0 aromatic carbocycles. The summed E-state index contributed by atoms with van der Waals surface area (Å²) in [6.07, 6.45) is 2.96. The number of aromatic nitrogens is 2. The van der Waals surface area contributed by atoms with Crippen molar-refractivity contribution >= 4 is 11.9 Å². The van der Waals surface area contributed by atoms with Crippen LogP contribution in [0.25, 0.3) is 0 Å². The van der Waals surface area contributed by atoms with E-state index >= 15 is 0 Å². The molecule has 1 saturated heterocycles. The van der Waals surface area contributed by atoms with E-state index in [2.05, 4.69) is 34.0 Å². The van der Waals surface area contributed by atoms with E-state index < -0.39 is 5.97 Å². The minimum atomic E-state index is -1.04. The average Bonchev–Trinajstić information content (AvgIpc) is 3.00. The molecule has 7 heteroatoms. The van der Waals surface area contributed by atoms with Gasteiger partial charge in [0, 0.05) is 18.2 Å². The van der Waals surface area contributed by atoms with Crippen LogP contribution < -0.4 is 5.32 Å². The van der Waals surface area contributed by atoms with Crippen molar-refractivity contribution in [3.8, 4) is 0 Å². The van der Waals surface area contributed by atoms with Gasteiger partial charge in [0.05, 0.1) is 11.7 Å². The molecule has 1 amide bonds. The predicted octanol–water partition coefficient (Wildman–Crippen LogP) is 1.46. The largest absolute Gasteiger partial charge is 0.480 e. The Balaban J connectivity index is 2.03. The zero-order valence-electron chi connectivity index (χ0n) is 14.6. The van der Waals surface area contributed by atoms with Crippen molar-refractivity contribution in [3.63, 3.8) is 0 Å². The standard InChI is InChI=1S/C17H26N4O3/c1-11(2)21-8-4-5-15(21)14-9-13(19-12(3)20-14)6-7-16(22)18-10-17(23)24/h9,11,15H,4-8,10H2,1-3H3,(H,18,22)(H,23,24). The summed E-state index contributed by atoms with van der Waals surface area (Å²) >= 11 is 0. The van der Waals surface area contributed by atoms with Gasteiger partial charge in [0.25, 0.3) is 0 Å². The molecule has 0 aliphatic carbocycles. The van der Waals surface area contributed by atoms with Crippen molar-refractivity contribution < 1.29 is 14.7 Å². The Morgan fingerprint density at radius 3 is 2.83 bits per heavy atom. The number of carboxylic acid groups (broad SMARTS) is 1. The van der Waals surface area contributed by atoms with Gasteiger partial charge in [0.1, 0.15) is 12.4 Å². The summed E-state index contributed by atoms with van der Waals surface area (Å²) in [5.41, 5.74) is 1.85. The molecule has 1 aromatic heterocycles. The fraction of sp³-hybridized carbons (Fsp3) is 0.647.